The van der Waals surface area contributed by atoms with Gasteiger partial charge in [-0.1, -0.05) is 18.9 Å². The van der Waals surface area contributed by atoms with Crippen molar-refractivity contribution in [2.75, 3.05) is 45.7 Å². The van der Waals surface area contributed by atoms with E-state index in [1.54, 1.807) is 23.5 Å². The second-order valence-electron chi connectivity index (χ2n) is 8.82. The number of fused-ring (bicyclic) bond motifs is 1. The van der Waals surface area contributed by atoms with Gasteiger partial charge in [0.15, 0.2) is 0 Å². The van der Waals surface area contributed by atoms with Gasteiger partial charge in [0, 0.05) is 26.2 Å². The van der Waals surface area contributed by atoms with E-state index in [4.69, 9.17) is 9.47 Å². The van der Waals surface area contributed by atoms with Gasteiger partial charge in [-0.25, -0.2) is 8.42 Å². The van der Waals surface area contributed by atoms with Crippen LogP contribution in [0, 0.1) is 0 Å². The molecule has 2 aromatic rings. The standard InChI is InChI=1S/C25H33N3O5S/c1-32-21-8-7-19-11-14-27(17-20(19)15-21)18-25(29)26-23-16-22(9-10-24(23)33-2)34(30,31)28-12-5-3-4-6-13-28/h7-10,15-16H,3-6,11-14,17-18H2,1-2H3,(H,26,29). The molecule has 2 heterocycles. The van der Waals surface area contributed by atoms with Crippen LogP contribution in [-0.2, 0) is 27.8 Å². The van der Waals surface area contributed by atoms with E-state index in [0.717, 1.165) is 50.0 Å². The van der Waals surface area contributed by atoms with E-state index in [1.165, 1.54) is 18.7 Å². The molecule has 0 bridgehead atoms. The number of ether oxygens (including phenoxy) is 2. The first-order valence-corrected chi connectivity index (χ1v) is 13.2. The number of benzene rings is 2. The Morgan fingerprint density at radius 3 is 2.41 bits per heavy atom. The van der Waals surface area contributed by atoms with Gasteiger partial charge in [0.25, 0.3) is 0 Å². The van der Waals surface area contributed by atoms with Crippen LogP contribution in [0.3, 0.4) is 0 Å². The highest BCUT2D eigenvalue weighted by atomic mass is 32.2. The average Bonchev–Trinajstić information content (AvgIpc) is 3.14. The molecule has 0 spiro atoms. The predicted molar refractivity (Wildman–Crippen MR) is 131 cm³/mol. The van der Waals surface area contributed by atoms with Crippen LogP contribution < -0.4 is 14.8 Å². The van der Waals surface area contributed by atoms with Crippen LogP contribution in [0.4, 0.5) is 5.69 Å². The number of nitrogens with one attached hydrogen (secondary N) is 1. The van der Waals surface area contributed by atoms with E-state index in [1.807, 2.05) is 12.1 Å². The summed E-state index contributed by atoms with van der Waals surface area (Å²) in [6.45, 7) is 2.67. The van der Waals surface area contributed by atoms with Crippen molar-refractivity contribution < 1.29 is 22.7 Å². The molecule has 2 aliphatic rings. The smallest absolute Gasteiger partial charge is 0.243 e. The van der Waals surface area contributed by atoms with E-state index < -0.39 is 10.0 Å². The fraction of sp³-hybridized carbons (Fsp3) is 0.480. The maximum atomic E-state index is 13.2. The fourth-order valence-corrected chi connectivity index (χ4v) is 6.17. The van der Waals surface area contributed by atoms with Gasteiger partial charge in [-0.05, 0) is 60.7 Å². The molecule has 2 aliphatic heterocycles. The van der Waals surface area contributed by atoms with E-state index in [9.17, 15) is 13.2 Å². The third-order valence-corrected chi connectivity index (χ3v) is 8.41. The van der Waals surface area contributed by atoms with Crippen LogP contribution in [0.2, 0.25) is 0 Å². The number of rotatable bonds is 7. The molecule has 1 N–H and O–H groups in total. The van der Waals surface area contributed by atoms with Crippen molar-refractivity contribution in [2.45, 2.75) is 43.5 Å². The number of hydrogen-bond acceptors (Lipinski definition) is 6. The van der Waals surface area contributed by atoms with Crippen LogP contribution in [0.5, 0.6) is 11.5 Å². The number of carbonyl (C=O) groups excluding carboxylic acids is 1. The summed E-state index contributed by atoms with van der Waals surface area (Å²) >= 11 is 0. The quantitative estimate of drug-likeness (QED) is 0.645. The molecule has 4 rings (SSSR count). The highest BCUT2D eigenvalue weighted by molar-refractivity contribution is 7.89. The predicted octanol–water partition coefficient (Wildman–Crippen LogP) is 3.27. The average molecular weight is 488 g/mol. The monoisotopic (exact) mass is 487 g/mol. The molecule has 1 saturated heterocycles. The number of methoxy groups -OCH3 is 2. The molecule has 0 unspecified atom stereocenters. The molecule has 184 valence electrons. The molecular formula is C25H33N3O5S. The lowest BCUT2D eigenvalue weighted by Gasteiger charge is -2.28. The lowest BCUT2D eigenvalue weighted by molar-refractivity contribution is -0.117. The summed E-state index contributed by atoms with van der Waals surface area (Å²) in [6, 6.07) is 10.7. The molecule has 9 heteroatoms. The first kappa shape index (κ1) is 24.5. The van der Waals surface area contributed by atoms with Gasteiger partial charge in [-0.15, -0.1) is 0 Å². The number of carbonyl (C=O) groups is 1. The minimum absolute atomic E-state index is 0.171. The molecule has 0 saturated carbocycles. The van der Waals surface area contributed by atoms with Crippen LogP contribution in [0.15, 0.2) is 41.3 Å². The van der Waals surface area contributed by atoms with Crippen molar-refractivity contribution >= 4 is 21.6 Å². The zero-order valence-electron chi connectivity index (χ0n) is 19.9. The van der Waals surface area contributed by atoms with E-state index in [0.29, 0.717) is 31.1 Å². The summed E-state index contributed by atoms with van der Waals surface area (Å²) in [7, 11) is -0.486. The van der Waals surface area contributed by atoms with Gasteiger partial charge in [-0.3, -0.25) is 9.69 Å². The summed E-state index contributed by atoms with van der Waals surface area (Å²) in [5.74, 6) is 1.02. The Morgan fingerprint density at radius 1 is 0.941 bits per heavy atom. The molecular weight excluding hydrogens is 454 g/mol. The number of anilines is 1. The topological polar surface area (TPSA) is 88.2 Å². The van der Waals surface area contributed by atoms with E-state index in [-0.39, 0.29) is 17.3 Å². The van der Waals surface area contributed by atoms with Crippen molar-refractivity contribution in [3.63, 3.8) is 0 Å². The molecule has 1 fully saturated rings. The van der Waals surface area contributed by atoms with Gasteiger partial charge in [0.1, 0.15) is 11.5 Å². The first-order chi connectivity index (χ1) is 16.4. The van der Waals surface area contributed by atoms with E-state index >= 15 is 0 Å². The summed E-state index contributed by atoms with van der Waals surface area (Å²) in [5.41, 5.74) is 2.79. The maximum absolute atomic E-state index is 13.2. The van der Waals surface area contributed by atoms with E-state index in [2.05, 4.69) is 16.3 Å². The number of sulfonamides is 1. The molecule has 8 nitrogen and oxygen atoms in total. The third-order valence-electron chi connectivity index (χ3n) is 6.52. The van der Waals surface area contributed by atoms with Crippen molar-refractivity contribution in [3.05, 3.63) is 47.5 Å². The molecule has 2 aromatic carbocycles. The van der Waals surface area contributed by atoms with Crippen LogP contribution >= 0.6 is 0 Å². The second kappa shape index (κ2) is 10.8. The number of nitrogens with zero attached hydrogens (tertiary/aromatic N) is 2. The molecule has 0 aromatic heterocycles. The van der Waals surface area contributed by atoms with Gasteiger partial charge < -0.3 is 14.8 Å². The van der Waals surface area contributed by atoms with Gasteiger partial charge in [-0.2, -0.15) is 4.31 Å². The normalized spacial score (nSPS) is 17.5. The molecule has 1 amide bonds. The lowest BCUT2D eigenvalue weighted by atomic mass is 9.99. The van der Waals surface area contributed by atoms with Crippen LogP contribution in [0.1, 0.15) is 36.8 Å². The minimum atomic E-state index is -3.63. The summed E-state index contributed by atoms with van der Waals surface area (Å²) in [4.78, 5) is 15.1. The zero-order valence-corrected chi connectivity index (χ0v) is 20.7. The molecule has 0 radical (unpaired) electrons. The summed E-state index contributed by atoms with van der Waals surface area (Å²) < 4.78 is 38.7. The van der Waals surface area contributed by atoms with Crippen molar-refractivity contribution in [2.24, 2.45) is 0 Å². The molecule has 0 aliphatic carbocycles. The van der Waals surface area contributed by atoms with Crippen molar-refractivity contribution in [1.82, 2.24) is 9.21 Å². The highest BCUT2D eigenvalue weighted by Gasteiger charge is 2.27. The number of hydrogen-bond donors (Lipinski definition) is 1. The molecule has 0 atom stereocenters. The SMILES string of the molecule is COc1ccc2c(c1)CN(CC(=O)Nc1cc(S(=O)(=O)N3CCCCCC3)ccc1OC)CC2. The zero-order chi connectivity index (χ0) is 24.1. The summed E-state index contributed by atoms with van der Waals surface area (Å²) in [5, 5.41) is 2.87. The lowest BCUT2D eigenvalue weighted by Crippen LogP contribution is -2.37. The molecule has 34 heavy (non-hydrogen) atoms. The Bertz CT molecular complexity index is 1130. The van der Waals surface area contributed by atoms with Crippen molar-refractivity contribution in [3.8, 4) is 11.5 Å². The highest BCUT2D eigenvalue weighted by Crippen LogP contribution is 2.30. The first-order valence-electron chi connectivity index (χ1n) is 11.8. The number of amides is 1. The Balaban J connectivity index is 1.47. The second-order valence-corrected chi connectivity index (χ2v) is 10.8. The van der Waals surface area contributed by atoms with Crippen LogP contribution in [-0.4, -0.2) is 63.9 Å². The largest absolute Gasteiger partial charge is 0.497 e. The Labute approximate surface area is 201 Å². The van der Waals surface area contributed by atoms with Gasteiger partial charge in [0.2, 0.25) is 15.9 Å². The Hall–Kier alpha value is -2.62. The maximum Gasteiger partial charge on any atom is 0.243 e. The summed E-state index contributed by atoms with van der Waals surface area (Å²) in [6.07, 6.45) is 4.68. The Morgan fingerprint density at radius 2 is 1.71 bits per heavy atom. The van der Waals surface area contributed by atoms with Gasteiger partial charge in [0.05, 0.1) is 31.3 Å². The minimum Gasteiger partial charge on any atom is -0.497 e. The van der Waals surface area contributed by atoms with Gasteiger partial charge >= 0.3 is 0 Å². The van der Waals surface area contributed by atoms with Crippen LogP contribution in [0.25, 0.3) is 0 Å². The fourth-order valence-electron chi connectivity index (χ4n) is 4.62. The Kier molecular flexibility index (Phi) is 7.75. The van der Waals surface area contributed by atoms with Crippen molar-refractivity contribution in [1.29, 1.82) is 0 Å². The third kappa shape index (κ3) is 5.54.